The molecule has 18 heavy (non-hydrogen) atoms. The number of carbonyl (C=O) groups excluding carboxylic acids is 1. The van der Waals surface area contributed by atoms with Gasteiger partial charge in [-0.15, -0.1) is 0 Å². The summed E-state index contributed by atoms with van der Waals surface area (Å²) in [6.45, 7) is 0. The van der Waals surface area contributed by atoms with Gasteiger partial charge in [-0.2, -0.15) is 0 Å². The van der Waals surface area contributed by atoms with Crippen LogP contribution in [0.4, 0.5) is 0 Å². The molecule has 3 N–H and O–H groups in total. The van der Waals surface area contributed by atoms with E-state index in [9.17, 15) is 23.4 Å². The average molecular weight is 281 g/mol. The molecular weight excluding hydrogens is 269 g/mol. The van der Waals surface area contributed by atoms with Crippen molar-refractivity contribution in [3.05, 3.63) is 29.8 Å². The van der Waals surface area contributed by atoms with E-state index >= 15 is 0 Å². The second-order valence-electron chi connectivity index (χ2n) is 3.63. The van der Waals surface area contributed by atoms with Crippen LogP contribution >= 0.6 is 0 Å². The van der Waals surface area contributed by atoms with Gasteiger partial charge in [0.25, 0.3) is 0 Å². The van der Waals surface area contributed by atoms with E-state index in [1.54, 1.807) is 0 Å². The summed E-state index contributed by atoms with van der Waals surface area (Å²) in [6.07, 6.45) is -0.390. The number of hydrogen-bond acceptors (Lipinski definition) is 6. The minimum Gasteiger partial charge on any atom is -0.548 e. The van der Waals surface area contributed by atoms with E-state index < -0.39 is 28.0 Å². The first-order valence-electron chi connectivity index (χ1n) is 4.68. The van der Waals surface area contributed by atoms with Gasteiger partial charge in [-0.3, -0.25) is 0 Å². The zero-order valence-corrected chi connectivity index (χ0v) is 12.8. The molecule has 0 heterocycles. The fourth-order valence-corrected chi connectivity index (χ4v) is 1.88. The van der Waals surface area contributed by atoms with E-state index in [2.05, 4.69) is 0 Å². The second-order valence-corrected chi connectivity index (χ2v) is 5.65. The first-order valence-corrected chi connectivity index (χ1v) is 6.57. The number of rotatable bonds is 4. The molecule has 0 unspecified atom stereocenters. The summed E-state index contributed by atoms with van der Waals surface area (Å²) in [5, 5.41) is 20.0. The smallest absolute Gasteiger partial charge is 0.548 e. The predicted molar refractivity (Wildman–Crippen MR) is 57.5 cm³/mol. The summed E-state index contributed by atoms with van der Waals surface area (Å²) in [4.78, 5) is 10.5. The van der Waals surface area contributed by atoms with Crippen molar-refractivity contribution < 1.29 is 53.0 Å². The molecule has 0 saturated carbocycles. The molecule has 0 bridgehead atoms. The monoisotopic (exact) mass is 281 g/mol. The van der Waals surface area contributed by atoms with Crippen molar-refractivity contribution in [3.8, 4) is 0 Å². The first-order chi connectivity index (χ1) is 7.73. The third-order valence-corrected chi connectivity index (χ3v) is 3.39. The molecule has 0 saturated heterocycles. The van der Waals surface area contributed by atoms with E-state index in [-0.39, 0.29) is 40.0 Å². The van der Waals surface area contributed by atoms with Crippen LogP contribution in [-0.4, -0.2) is 31.8 Å². The summed E-state index contributed by atoms with van der Waals surface area (Å²) in [7, 11) is -3.32. The van der Waals surface area contributed by atoms with E-state index in [0.717, 1.165) is 6.26 Å². The average Bonchev–Trinajstić information content (AvgIpc) is 2.26. The van der Waals surface area contributed by atoms with Crippen LogP contribution in [0.3, 0.4) is 0 Å². The molecule has 0 aromatic heterocycles. The predicted octanol–water partition coefficient (Wildman–Crippen LogP) is -4.80. The zero-order valence-electron chi connectivity index (χ0n) is 10.0. The first kappa shape index (κ1) is 17.6. The molecule has 2 atom stereocenters. The van der Waals surface area contributed by atoms with Gasteiger partial charge in [0.15, 0.2) is 9.84 Å². The van der Waals surface area contributed by atoms with Crippen LogP contribution < -0.4 is 40.4 Å². The molecule has 1 rings (SSSR count). The van der Waals surface area contributed by atoms with Crippen LogP contribution in [0.1, 0.15) is 11.7 Å². The molecule has 6 nitrogen and oxygen atoms in total. The maximum Gasteiger partial charge on any atom is 1.00 e. The normalized spacial score (nSPS) is 14.4. The Morgan fingerprint density at radius 2 is 1.78 bits per heavy atom. The molecule has 0 amide bonds. The number of aliphatic hydroxyl groups is 1. The number of hydrogen-bond donors (Lipinski definition) is 2. The zero-order chi connectivity index (χ0) is 13.2. The molecule has 0 fully saturated rings. The van der Waals surface area contributed by atoms with E-state index in [0.29, 0.717) is 0 Å². The van der Waals surface area contributed by atoms with E-state index in [1.807, 2.05) is 0 Å². The Morgan fingerprint density at radius 3 is 2.11 bits per heavy atom. The quantitative estimate of drug-likeness (QED) is 0.534. The topological polar surface area (TPSA) is 121 Å². The van der Waals surface area contributed by atoms with E-state index in [1.165, 1.54) is 24.3 Å². The van der Waals surface area contributed by atoms with Crippen molar-refractivity contribution in [2.45, 2.75) is 17.0 Å². The summed E-state index contributed by atoms with van der Waals surface area (Å²) in [5.41, 5.74) is 5.40. The minimum absolute atomic E-state index is 0. The van der Waals surface area contributed by atoms with Crippen LogP contribution in [0.2, 0.25) is 0 Å². The van der Waals surface area contributed by atoms with Gasteiger partial charge in [-0.05, 0) is 17.7 Å². The molecule has 0 aliphatic heterocycles. The van der Waals surface area contributed by atoms with E-state index in [4.69, 9.17) is 5.73 Å². The van der Waals surface area contributed by atoms with Crippen molar-refractivity contribution in [1.29, 1.82) is 0 Å². The number of nitrogens with two attached hydrogens (primary N) is 1. The number of carbonyl (C=O) groups is 1. The fraction of sp³-hybridized carbons (Fsp3) is 0.300. The maximum absolute atomic E-state index is 11.2. The van der Waals surface area contributed by atoms with Gasteiger partial charge in [0.2, 0.25) is 0 Å². The van der Waals surface area contributed by atoms with Gasteiger partial charge in [-0.1, -0.05) is 12.1 Å². The van der Waals surface area contributed by atoms with Gasteiger partial charge >= 0.3 is 29.6 Å². The van der Waals surface area contributed by atoms with Gasteiger partial charge in [0.05, 0.1) is 23.0 Å². The largest absolute Gasteiger partial charge is 1.00 e. The Morgan fingerprint density at radius 1 is 1.33 bits per heavy atom. The van der Waals surface area contributed by atoms with Gasteiger partial charge in [-0.25, -0.2) is 8.42 Å². The van der Waals surface area contributed by atoms with Gasteiger partial charge in [0.1, 0.15) is 0 Å². The Labute approximate surface area is 127 Å². The van der Waals surface area contributed by atoms with Crippen LogP contribution in [0, 0.1) is 0 Å². The number of benzene rings is 1. The minimum atomic E-state index is -3.32. The van der Waals surface area contributed by atoms with Gasteiger partial charge in [0, 0.05) is 6.26 Å². The Kier molecular flexibility index (Phi) is 6.48. The van der Waals surface area contributed by atoms with Crippen LogP contribution in [0.15, 0.2) is 29.2 Å². The van der Waals surface area contributed by atoms with Crippen molar-refractivity contribution in [1.82, 2.24) is 0 Å². The van der Waals surface area contributed by atoms with Crippen molar-refractivity contribution in [2.24, 2.45) is 5.73 Å². The molecular formula is C10H12NNaO5S. The van der Waals surface area contributed by atoms with Crippen LogP contribution in [-0.2, 0) is 14.6 Å². The summed E-state index contributed by atoms with van der Waals surface area (Å²) in [6, 6.07) is 3.61. The number of carboxylic acids is 1. The summed E-state index contributed by atoms with van der Waals surface area (Å²) >= 11 is 0. The van der Waals surface area contributed by atoms with Crippen molar-refractivity contribution in [2.75, 3.05) is 6.26 Å². The van der Waals surface area contributed by atoms with Crippen LogP contribution in [0.5, 0.6) is 0 Å². The number of sulfone groups is 1. The molecule has 0 spiro atoms. The maximum atomic E-state index is 11.2. The second kappa shape index (κ2) is 6.65. The summed E-state index contributed by atoms with van der Waals surface area (Å²) < 4.78 is 22.3. The summed E-state index contributed by atoms with van der Waals surface area (Å²) in [5.74, 6) is -1.58. The molecule has 1 aromatic rings. The molecule has 0 radical (unpaired) electrons. The number of aliphatic hydroxyl groups excluding tert-OH is 1. The van der Waals surface area contributed by atoms with Crippen LogP contribution in [0.25, 0.3) is 0 Å². The fourth-order valence-electron chi connectivity index (χ4n) is 1.25. The van der Waals surface area contributed by atoms with Crippen molar-refractivity contribution in [3.63, 3.8) is 0 Å². The number of carboxylic acid groups (broad SMARTS) is 1. The standard InChI is InChI=1S/C10H13NO5S.Na/c1-17(15,16)7-4-2-6(3-5-7)9(12)8(11)10(13)14;/h2-5,8-9,12H,11H2,1H3,(H,13,14);/q;+1/p-1/t8-,9+;/m0./s1. The van der Waals surface area contributed by atoms with Crippen molar-refractivity contribution >= 4 is 15.8 Å². The Hall–Kier alpha value is -0.440. The molecule has 1 aromatic carbocycles. The number of aliphatic carboxylic acids is 1. The third-order valence-electron chi connectivity index (χ3n) is 2.26. The third kappa shape index (κ3) is 4.34. The Balaban J connectivity index is 0.00000289. The SMILES string of the molecule is CS(=O)(=O)c1ccc([C@@H](O)[C@H](N)C(=O)[O-])cc1.[Na+]. The molecule has 0 aliphatic carbocycles. The molecule has 0 aliphatic rings. The Bertz CT molecular complexity index is 514. The van der Waals surface area contributed by atoms with Gasteiger partial charge < -0.3 is 20.7 Å². The molecule has 94 valence electrons. The molecule has 8 heteroatoms.